The normalized spacial score (nSPS) is 12.9. The molecule has 0 aromatic heterocycles. The molecule has 0 amide bonds. The third-order valence-corrected chi connectivity index (χ3v) is 5.19. The summed E-state index contributed by atoms with van der Waals surface area (Å²) < 4.78 is 81.3. The van der Waals surface area contributed by atoms with Gasteiger partial charge in [0.2, 0.25) is 0 Å². The lowest BCUT2D eigenvalue weighted by atomic mass is 10.0. The molecule has 0 spiro atoms. The van der Waals surface area contributed by atoms with Crippen molar-refractivity contribution in [1.82, 2.24) is 0 Å². The Morgan fingerprint density at radius 2 is 0.939 bits per heavy atom. The molecule has 0 heterocycles. The fraction of sp³-hybridized carbons (Fsp3) is 0.957. The highest BCUT2D eigenvalue weighted by molar-refractivity contribution is 5.74. The van der Waals surface area contributed by atoms with Gasteiger partial charge in [0.15, 0.2) is 0 Å². The van der Waals surface area contributed by atoms with Crippen LogP contribution in [0.2, 0.25) is 0 Å². The fourth-order valence-corrected chi connectivity index (χ4v) is 3.09. The predicted molar refractivity (Wildman–Crippen MR) is 114 cm³/mol. The van der Waals surface area contributed by atoms with Crippen LogP contribution >= 0.6 is 0 Å². The maximum absolute atomic E-state index is 11.7. The van der Waals surface area contributed by atoms with Crippen LogP contribution in [0.4, 0.5) is 30.7 Å². The van der Waals surface area contributed by atoms with Crippen LogP contribution in [0.5, 0.6) is 0 Å². The highest BCUT2D eigenvalue weighted by Crippen LogP contribution is 2.46. The van der Waals surface area contributed by atoms with Gasteiger partial charge in [-0.15, -0.1) is 0 Å². The van der Waals surface area contributed by atoms with E-state index in [1.54, 1.807) is 0 Å². The minimum Gasteiger partial charge on any atom is -0.544 e. The average Bonchev–Trinajstić information content (AvgIpc) is 2.66. The van der Waals surface area contributed by atoms with Crippen molar-refractivity contribution < 1.29 is 45.1 Å². The second kappa shape index (κ2) is 16.5. The molecule has 0 bridgehead atoms. The van der Waals surface area contributed by atoms with E-state index in [0.29, 0.717) is 0 Å². The molecule has 10 heteroatoms. The lowest BCUT2D eigenvalue weighted by Crippen LogP contribution is -2.60. The Labute approximate surface area is 194 Å². The molecule has 3 nitrogen and oxygen atoms in total. The number of rotatable bonds is 17. The summed E-state index contributed by atoms with van der Waals surface area (Å²) in [5.41, 5.74) is 0. The van der Waals surface area contributed by atoms with Gasteiger partial charge >= 0.3 is 18.0 Å². The molecule has 0 fully saturated rings. The predicted octanol–water partition coefficient (Wildman–Crippen LogP) is 6.74. The van der Waals surface area contributed by atoms with Gasteiger partial charge < -0.3 is 14.4 Å². The van der Waals surface area contributed by atoms with Gasteiger partial charge in [-0.1, -0.05) is 84.0 Å². The van der Waals surface area contributed by atoms with Crippen molar-refractivity contribution in [3.63, 3.8) is 0 Å². The van der Waals surface area contributed by atoms with Crippen LogP contribution in [-0.4, -0.2) is 56.2 Å². The van der Waals surface area contributed by atoms with Crippen molar-refractivity contribution in [3.8, 4) is 0 Å². The zero-order valence-corrected chi connectivity index (χ0v) is 20.5. The summed E-state index contributed by atoms with van der Waals surface area (Å²) in [6, 6.07) is 0. The third-order valence-electron chi connectivity index (χ3n) is 5.19. The standard InChI is InChI=1S/C19H42N.C4HF7O2/c1-5-6-7-8-9-10-11-12-13-14-15-16-17-18-19-20(2,3)4;5-2(6,1(12)13)3(7,8)4(9,10)11/h5-19H2,1-4H3;(H,12,13)/q+1;/p-1. The Morgan fingerprint density at radius 3 is 1.15 bits per heavy atom. The van der Waals surface area contributed by atoms with Crippen LogP contribution < -0.4 is 5.11 Å². The number of carboxylic acid groups (broad SMARTS) is 1. The van der Waals surface area contributed by atoms with E-state index in [-0.39, 0.29) is 0 Å². The summed E-state index contributed by atoms with van der Waals surface area (Å²) in [4.78, 5) is 9.27. The Bertz CT molecular complexity index is 504. The van der Waals surface area contributed by atoms with E-state index in [2.05, 4.69) is 28.1 Å². The highest BCUT2D eigenvalue weighted by atomic mass is 19.4. The number of quaternary nitrogens is 1. The molecule has 0 saturated heterocycles. The Morgan fingerprint density at radius 1 is 0.636 bits per heavy atom. The van der Waals surface area contributed by atoms with Gasteiger partial charge in [0.1, 0.15) is 5.97 Å². The second-order valence-electron chi connectivity index (χ2n) is 9.54. The zero-order valence-electron chi connectivity index (χ0n) is 20.5. The van der Waals surface area contributed by atoms with Gasteiger partial charge in [-0.3, -0.25) is 0 Å². The number of carbonyl (C=O) groups excluding carboxylic acids is 1. The summed E-state index contributed by atoms with van der Waals surface area (Å²) in [5.74, 6) is -16.7. The summed E-state index contributed by atoms with van der Waals surface area (Å²) in [7, 11) is 6.88. The summed E-state index contributed by atoms with van der Waals surface area (Å²) in [5, 5.41) is 9.27. The maximum atomic E-state index is 11.7. The Balaban J connectivity index is 0. The summed E-state index contributed by atoms with van der Waals surface area (Å²) in [6.45, 7) is 3.63. The quantitative estimate of drug-likeness (QED) is 0.127. The maximum Gasteiger partial charge on any atom is 0.460 e. The van der Waals surface area contributed by atoms with Crippen LogP contribution in [0.3, 0.4) is 0 Å². The number of unbranched alkanes of at least 4 members (excludes halogenated alkanes) is 13. The lowest BCUT2D eigenvalue weighted by molar-refractivity contribution is -0.870. The molecule has 200 valence electrons. The van der Waals surface area contributed by atoms with E-state index in [1.807, 2.05) is 0 Å². The van der Waals surface area contributed by atoms with Crippen LogP contribution in [-0.2, 0) is 4.79 Å². The fourth-order valence-electron chi connectivity index (χ4n) is 3.09. The van der Waals surface area contributed by atoms with Crippen LogP contribution in [0, 0.1) is 0 Å². The number of carboxylic acids is 1. The zero-order chi connectivity index (χ0) is 26.2. The third kappa shape index (κ3) is 16.2. The first-order valence-corrected chi connectivity index (χ1v) is 11.8. The minimum absolute atomic E-state index is 1.12. The second-order valence-corrected chi connectivity index (χ2v) is 9.54. The van der Waals surface area contributed by atoms with Crippen molar-refractivity contribution in [2.24, 2.45) is 0 Å². The smallest absolute Gasteiger partial charge is 0.460 e. The number of hydrogen-bond acceptors (Lipinski definition) is 2. The van der Waals surface area contributed by atoms with Crippen molar-refractivity contribution in [1.29, 1.82) is 0 Å². The van der Waals surface area contributed by atoms with Crippen molar-refractivity contribution in [3.05, 3.63) is 0 Å². The number of aliphatic carboxylic acids is 1. The number of nitrogens with zero attached hydrogens (tertiary/aromatic N) is 1. The van der Waals surface area contributed by atoms with Crippen molar-refractivity contribution in [2.75, 3.05) is 27.7 Å². The van der Waals surface area contributed by atoms with E-state index in [0.717, 1.165) is 4.48 Å². The first-order chi connectivity index (χ1) is 15.0. The minimum atomic E-state index is -6.64. The van der Waals surface area contributed by atoms with E-state index in [9.17, 15) is 40.6 Å². The van der Waals surface area contributed by atoms with Crippen LogP contribution in [0.25, 0.3) is 0 Å². The first-order valence-electron chi connectivity index (χ1n) is 11.8. The van der Waals surface area contributed by atoms with Gasteiger partial charge in [0, 0.05) is 0 Å². The van der Waals surface area contributed by atoms with Crippen LogP contribution in [0.15, 0.2) is 0 Å². The Hall–Kier alpha value is -1.06. The summed E-state index contributed by atoms with van der Waals surface area (Å²) in [6.07, 6.45) is 13.7. The molecule has 0 aliphatic rings. The van der Waals surface area contributed by atoms with Crippen molar-refractivity contribution in [2.45, 2.75) is 115 Å². The van der Waals surface area contributed by atoms with E-state index in [4.69, 9.17) is 0 Å². The molecule has 0 aromatic rings. The first kappa shape index (κ1) is 34.1. The molecule has 0 unspecified atom stereocenters. The van der Waals surface area contributed by atoms with Crippen molar-refractivity contribution >= 4 is 5.97 Å². The summed E-state index contributed by atoms with van der Waals surface area (Å²) >= 11 is 0. The number of carbonyl (C=O) groups is 1. The monoisotopic (exact) mass is 497 g/mol. The van der Waals surface area contributed by atoms with Gasteiger partial charge in [-0.2, -0.15) is 30.7 Å². The molecule has 0 rings (SSSR count). The molecule has 0 aliphatic heterocycles. The van der Waals surface area contributed by atoms with Gasteiger partial charge in [0.25, 0.3) is 0 Å². The molecule has 0 atom stereocenters. The van der Waals surface area contributed by atoms with Gasteiger partial charge in [0.05, 0.1) is 27.7 Å². The molecule has 0 aliphatic carbocycles. The van der Waals surface area contributed by atoms with Gasteiger partial charge in [-0.05, 0) is 12.8 Å². The average molecular weight is 498 g/mol. The van der Waals surface area contributed by atoms with E-state index >= 15 is 0 Å². The lowest BCUT2D eigenvalue weighted by Gasteiger charge is -2.28. The van der Waals surface area contributed by atoms with Crippen LogP contribution in [0.1, 0.15) is 96.8 Å². The molecule has 0 N–H and O–H groups in total. The molecule has 0 aromatic carbocycles. The molecular weight excluding hydrogens is 455 g/mol. The number of halogens is 7. The largest absolute Gasteiger partial charge is 0.544 e. The molecule has 33 heavy (non-hydrogen) atoms. The molecular formula is C23H42F7NO2. The molecule has 0 saturated carbocycles. The highest BCUT2D eigenvalue weighted by Gasteiger charge is 2.73. The Kier molecular flexibility index (Phi) is 17.1. The SMILES string of the molecule is CCCCCCCCCCCCCCCC[N+](C)(C)C.O=C([O-])C(F)(F)C(F)(F)C(F)(F)F. The van der Waals surface area contributed by atoms with Gasteiger partial charge in [-0.25, -0.2) is 0 Å². The van der Waals surface area contributed by atoms with E-state index in [1.165, 1.54) is 96.4 Å². The number of alkyl halides is 7. The number of hydrogen-bond donors (Lipinski definition) is 0. The van der Waals surface area contributed by atoms with E-state index < -0.39 is 24.0 Å². The molecule has 0 radical (unpaired) electrons. The topological polar surface area (TPSA) is 40.1 Å².